The molecule has 6 heteroatoms. The topological polar surface area (TPSA) is 73.7 Å². The van der Waals surface area contributed by atoms with E-state index in [1.54, 1.807) is 34.2 Å². The first-order chi connectivity index (χ1) is 13.1. The third-order valence-electron chi connectivity index (χ3n) is 5.24. The van der Waals surface area contributed by atoms with Crippen molar-refractivity contribution in [1.29, 1.82) is 0 Å². The standard InChI is InChI=1S/C21H25N3O3/c1-3-23(21(27)17-11-7-8-12-22-17)13-18-20(16-9-5-4-6-10-16)19(14-25)24(18)15(2)26/h4-12,18-20,25H,3,13-14H2,1-2H3/t18-,19+,20-/m1/s1. The molecule has 6 nitrogen and oxygen atoms in total. The van der Waals surface area contributed by atoms with Crippen LogP contribution in [0.25, 0.3) is 0 Å². The Morgan fingerprint density at radius 1 is 1.11 bits per heavy atom. The summed E-state index contributed by atoms with van der Waals surface area (Å²) in [6.45, 7) is 4.24. The van der Waals surface area contributed by atoms with Gasteiger partial charge in [0, 0.05) is 32.1 Å². The van der Waals surface area contributed by atoms with E-state index in [0.717, 1.165) is 5.56 Å². The Balaban J connectivity index is 1.86. The molecular formula is C21H25N3O3. The molecule has 1 aromatic heterocycles. The Hall–Kier alpha value is -2.73. The molecule has 2 aromatic rings. The second-order valence-electron chi connectivity index (χ2n) is 6.74. The monoisotopic (exact) mass is 367 g/mol. The summed E-state index contributed by atoms with van der Waals surface area (Å²) in [6.07, 6.45) is 1.60. The Labute approximate surface area is 159 Å². The Kier molecular flexibility index (Phi) is 5.86. The van der Waals surface area contributed by atoms with Gasteiger partial charge in [0.2, 0.25) is 5.91 Å². The number of likely N-dealkylation sites (N-methyl/N-ethyl adjacent to an activating group) is 1. The van der Waals surface area contributed by atoms with Crippen LogP contribution in [0.2, 0.25) is 0 Å². The van der Waals surface area contributed by atoms with E-state index in [4.69, 9.17) is 0 Å². The number of carbonyl (C=O) groups excluding carboxylic acids is 2. The number of nitrogens with zero attached hydrogens (tertiary/aromatic N) is 3. The number of likely N-dealkylation sites (tertiary alicyclic amines) is 1. The molecule has 0 radical (unpaired) electrons. The fourth-order valence-electron chi connectivity index (χ4n) is 3.97. The van der Waals surface area contributed by atoms with Gasteiger partial charge in [-0.2, -0.15) is 0 Å². The quantitative estimate of drug-likeness (QED) is 0.847. The molecular weight excluding hydrogens is 342 g/mol. The van der Waals surface area contributed by atoms with E-state index in [1.807, 2.05) is 37.3 Å². The summed E-state index contributed by atoms with van der Waals surface area (Å²) < 4.78 is 0. The van der Waals surface area contributed by atoms with Crippen LogP contribution in [0.3, 0.4) is 0 Å². The van der Waals surface area contributed by atoms with Gasteiger partial charge in [0.15, 0.2) is 0 Å². The number of carbonyl (C=O) groups is 2. The SMILES string of the molecule is CCN(C[C@@H]1[C@@H](c2ccccc2)[C@H](CO)N1C(C)=O)C(=O)c1ccccn1. The first-order valence-corrected chi connectivity index (χ1v) is 9.23. The summed E-state index contributed by atoms with van der Waals surface area (Å²) in [5.41, 5.74) is 1.46. The van der Waals surface area contributed by atoms with E-state index in [2.05, 4.69) is 4.98 Å². The number of hydrogen-bond donors (Lipinski definition) is 1. The molecule has 0 unspecified atom stereocenters. The summed E-state index contributed by atoms with van der Waals surface area (Å²) in [5.74, 6) is -0.251. The first-order valence-electron chi connectivity index (χ1n) is 9.23. The molecule has 1 saturated heterocycles. The van der Waals surface area contributed by atoms with Crippen molar-refractivity contribution in [3.05, 3.63) is 66.0 Å². The maximum absolute atomic E-state index is 12.8. The van der Waals surface area contributed by atoms with E-state index in [-0.39, 0.29) is 36.4 Å². The van der Waals surface area contributed by atoms with Crippen LogP contribution in [0.4, 0.5) is 0 Å². The molecule has 3 rings (SSSR count). The highest BCUT2D eigenvalue weighted by Crippen LogP contribution is 2.41. The van der Waals surface area contributed by atoms with Gasteiger partial charge in [-0.15, -0.1) is 0 Å². The number of aliphatic hydroxyl groups is 1. The molecule has 1 aliphatic rings. The molecule has 3 atom stereocenters. The van der Waals surface area contributed by atoms with Gasteiger partial charge < -0.3 is 14.9 Å². The summed E-state index contributed by atoms with van der Waals surface area (Å²) in [7, 11) is 0. The maximum Gasteiger partial charge on any atom is 0.272 e. The van der Waals surface area contributed by atoms with E-state index >= 15 is 0 Å². The predicted molar refractivity (Wildman–Crippen MR) is 102 cm³/mol. The van der Waals surface area contributed by atoms with Crippen LogP contribution < -0.4 is 0 Å². The van der Waals surface area contributed by atoms with Gasteiger partial charge in [-0.3, -0.25) is 14.6 Å². The zero-order chi connectivity index (χ0) is 19.4. The molecule has 0 bridgehead atoms. The molecule has 0 aliphatic carbocycles. The summed E-state index contributed by atoms with van der Waals surface area (Å²) in [5, 5.41) is 9.85. The van der Waals surface area contributed by atoms with Crippen LogP contribution in [0, 0.1) is 0 Å². The molecule has 27 heavy (non-hydrogen) atoms. The second kappa shape index (κ2) is 8.31. The molecule has 2 amide bonds. The first kappa shape index (κ1) is 19.0. The number of aromatic nitrogens is 1. The van der Waals surface area contributed by atoms with Crippen molar-refractivity contribution in [2.24, 2.45) is 0 Å². The second-order valence-corrected chi connectivity index (χ2v) is 6.74. The number of aliphatic hydroxyl groups excluding tert-OH is 1. The van der Waals surface area contributed by atoms with Gasteiger partial charge >= 0.3 is 0 Å². The average Bonchev–Trinajstić information content (AvgIpc) is 2.68. The van der Waals surface area contributed by atoms with Crippen molar-refractivity contribution in [1.82, 2.24) is 14.8 Å². The molecule has 142 valence electrons. The van der Waals surface area contributed by atoms with Gasteiger partial charge in [0.05, 0.1) is 18.7 Å². The van der Waals surface area contributed by atoms with Gasteiger partial charge in [-0.05, 0) is 24.6 Å². The maximum atomic E-state index is 12.8. The molecule has 1 aromatic carbocycles. The van der Waals surface area contributed by atoms with Crippen LogP contribution in [-0.4, -0.2) is 63.5 Å². The fraction of sp³-hybridized carbons (Fsp3) is 0.381. The third kappa shape index (κ3) is 3.71. The minimum Gasteiger partial charge on any atom is -0.394 e. The van der Waals surface area contributed by atoms with E-state index in [1.165, 1.54) is 6.92 Å². The normalized spacial score (nSPS) is 21.4. The van der Waals surface area contributed by atoms with Crippen molar-refractivity contribution in [2.75, 3.05) is 19.7 Å². The van der Waals surface area contributed by atoms with Crippen molar-refractivity contribution >= 4 is 11.8 Å². The molecule has 0 saturated carbocycles. The van der Waals surface area contributed by atoms with E-state index in [0.29, 0.717) is 18.8 Å². The number of benzene rings is 1. The molecule has 1 N–H and O–H groups in total. The Morgan fingerprint density at radius 2 is 1.81 bits per heavy atom. The van der Waals surface area contributed by atoms with E-state index in [9.17, 15) is 14.7 Å². The summed E-state index contributed by atoms with van der Waals surface area (Å²) in [4.78, 5) is 32.6. The summed E-state index contributed by atoms with van der Waals surface area (Å²) >= 11 is 0. The highest BCUT2D eigenvalue weighted by molar-refractivity contribution is 5.92. The van der Waals surface area contributed by atoms with Crippen molar-refractivity contribution in [2.45, 2.75) is 31.8 Å². The molecule has 1 fully saturated rings. The predicted octanol–water partition coefficient (Wildman–Crippen LogP) is 1.92. The largest absolute Gasteiger partial charge is 0.394 e. The third-order valence-corrected chi connectivity index (χ3v) is 5.24. The zero-order valence-electron chi connectivity index (χ0n) is 15.7. The number of rotatable bonds is 6. The minimum atomic E-state index is -0.265. The van der Waals surface area contributed by atoms with Gasteiger partial charge in [-0.1, -0.05) is 36.4 Å². The van der Waals surface area contributed by atoms with Crippen LogP contribution >= 0.6 is 0 Å². The highest BCUT2D eigenvalue weighted by Gasteiger charge is 2.50. The van der Waals surface area contributed by atoms with Crippen LogP contribution in [-0.2, 0) is 4.79 Å². The lowest BCUT2D eigenvalue weighted by Gasteiger charge is -2.55. The van der Waals surface area contributed by atoms with Gasteiger partial charge in [-0.25, -0.2) is 0 Å². The molecule has 2 heterocycles. The summed E-state index contributed by atoms with van der Waals surface area (Å²) in [6, 6.07) is 14.7. The number of hydrogen-bond acceptors (Lipinski definition) is 4. The zero-order valence-corrected chi connectivity index (χ0v) is 15.7. The number of amides is 2. The van der Waals surface area contributed by atoms with Crippen LogP contribution in [0.5, 0.6) is 0 Å². The van der Waals surface area contributed by atoms with Crippen molar-refractivity contribution < 1.29 is 14.7 Å². The van der Waals surface area contributed by atoms with Gasteiger partial charge in [0.1, 0.15) is 5.69 Å². The lowest BCUT2D eigenvalue weighted by atomic mass is 9.74. The van der Waals surface area contributed by atoms with Gasteiger partial charge in [0.25, 0.3) is 5.91 Å². The Bertz CT molecular complexity index is 782. The minimum absolute atomic E-state index is 0.00863. The smallest absolute Gasteiger partial charge is 0.272 e. The highest BCUT2D eigenvalue weighted by atomic mass is 16.3. The Morgan fingerprint density at radius 3 is 2.37 bits per heavy atom. The van der Waals surface area contributed by atoms with E-state index < -0.39 is 0 Å². The lowest BCUT2D eigenvalue weighted by molar-refractivity contribution is -0.149. The molecule has 0 spiro atoms. The van der Waals surface area contributed by atoms with Crippen LogP contribution in [0.15, 0.2) is 54.7 Å². The molecule has 1 aliphatic heterocycles. The lowest BCUT2D eigenvalue weighted by Crippen LogP contribution is -2.68. The van der Waals surface area contributed by atoms with Crippen molar-refractivity contribution in [3.8, 4) is 0 Å². The van der Waals surface area contributed by atoms with Crippen molar-refractivity contribution in [3.63, 3.8) is 0 Å². The fourth-order valence-corrected chi connectivity index (χ4v) is 3.97. The van der Waals surface area contributed by atoms with Crippen LogP contribution in [0.1, 0.15) is 35.8 Å². The number of pyridine rings is 1. The average molecular weight is 367 g/mol.